The van der Waals surface area contributed by atoms with E-state index in [1.165, 1.54) is 18.3 Å². The zero-order valence-electron chi connectivity index (χ0n) is 15.0. The molecule has 3 rings (SSSR count). The summed E-state index contributed by atoms with van der Waals surface area (Å²) in [6, 6.07) is 13.0. The van der Waals surface area contributed by atoms with Crippen molar-refractivity contribution in [1.29, 1.82) is 0 Å². The summed E-state index contributed by atoms with van der Waals surface area (Å²) in [6.07, 6.45) is 1.53. The summed E-state index contributed by atoms with van der Waals surface area (Å²) >= 11 is 5.84. The highest BCUT2D eigenvalue weighted by molar-refractivity contribution is 6.30. The molecule has 0 radical (unpaired) electrons. The molecule has 0 saturated heterocycles. The summed E-state index contributed by atoms with van der Waals surface area (Å²) in [4.78, 5) is 14.3. The van der Waals surface area contributed by atoms with Crippen LogP contribution in [0.1, 0.15) is 16.1 Å². The lowest BCUT2D eigenvalue weighted by atomic mass is 10.2. The summed E-state index contributed by atoms with van der Waals surface area (Å²) < 4.78 is 20.3. The van der Waals surface area contributed by atoms with Gasteiger partial charge in [-0.1, -0.05) is 11.6 Å². The van der Waals surface area contributed by atoms with E-state index in [0.717, 1.165) is 0 Å². The summed E-state index contributed by atoms with van der Waals surface area (Å²) in [5.74, 6) is 0.224. The maximum Gasteiger partial charge on any atom is 0.257 e. The number of nitrogens with zero attached hydrogens (tertiary/aromatic N) is 3. The number of likely N-dealkylation sites (N-methyl/N-ethyl adjacent to an activating group) is 1. The van der Waals surface area contributed by atoms with Crippen molar-refractivity contribution in [2.75, 3.05) is 20.2 Å². The number of carbonyl (C=O) groups excluding carboxylic acids is 1. The van der Waals surface area contributed by atoms with Crippen LogP contribution in [0.3, 0.4) is 0 Å². The summed E-state index contributed by atoms with van der Waals surface area (Å²) in [5, 5.41) is 4.90. The highest BCUT2D eigenvalue weighted by Crippen LogP contribution is 2.17. The van der Waals surface area contributed by atoms with Gasteiger partial charge in [0, 0.05) is 12.1 Å². The Hall–Kier alpha value is -2.86. The SMILES string of the molecule is Cc1c(C(=O)N(C)CCOc2ccc(Cl)cc2)cnn1-c1ccc(F)cc1. The van der Waals surface area contributed by atoms with Crippen LogP contribution in [0.5, 0.6) is 5.75 Å². The van der Waals surface area contributed by atoms with Crippen molar-refractivity contribution in [3.8, 4) is 11.4 Å². The van der Waals surface area contributed by atoms with Crippen LogP contribution in [0.4, 0.5) is 4.39 Å². The molecule has 0 unspecified atom stereocenters. The third-order valence-corrected chi connectivity index (χ3v) is 4.42. The lowest BCUT2D eigenvalue weighted by Crippen LogP contribution is -2.31. The van der Waals surface area contributed by atoms with Crippen LogP contribution in [0, 0.1) is 12.7 Å². The van der Waals surface area contributed by atoms with E-state index in [1.54, 1.807) is 53.0 Å². The van der Waals surface area contributed by atoms with Crippen LogP contribution in [-0.4, -0.2) is 40.8 Å². The Balaban J connectivity index is 1.63. The third kappa shape index (κ3) is 4.46. The molecule has 0 bridgehead atoms. The number of aromatic nitrogens is 2. The fraction of sp³-hybridized carbons (Fsp3) is 0.200. The number of carbonyl (C=O) groups is 1. The molecular formula is C20H19ClFN3O2. The van der Waals surface area contributed by atoms with Crippen LogP contribution >= 0.6 is 11.6 Å². The molecule has 0 aliphatic carbocycles. The average molecular weight is 388 g/mol. The lowest BCUT2D eigenvalue weighted by molar-refractivity contribution is 0.0773. The largest absolute Gasteiger partial charge is 0.492 e. The molecule has 0 saturated carbocycles. The van der Waals surface area contributed by atoms with Gasteiger partial charge in [-0.25, -0.2) is 9.07 Å². The Morgan fingerprint density at radius 1 is 1.19 bits per heavy atom. The van der Waals surface area contributed by atoms with Crippen LogP contribution in [-0.2, 0) is 0 Å². The highest BCUT2D eigenvalue weighted by Gasteiger charge is 2.18. The van der Waals surface area contributed by atoms with Crippen LogP contribution in [0.25, 0.3) is 5.69 Å². The molecule has 3 aromatic rings. The molecule has 0 fully saturated rings. The maximum atomic E-state index is 13.1. The van der Waals surface area contributed by atoms with Gasteiger partial charge in [-0.2, -0.15) is 5.10 Å². The van der Waals surface area contributed by atoms with Crippen molar-refractivity contribution in [2.24, 2.45) is 0 Å². The van der Waals surface area contributed by atoms with Crippen molar-refractivity contribution in [1.82, 2.24) is 14.7 Å². The minimum atomic E-state index is -0.319. The molecule has 2 aromatic carbocycles. The van der Waals surface area contributed by atoms with Gasteiger partial charge in [0.05, 0.1) is 29.7 Å². The normalized spacial score (nSPS) is 10.7. The summed E-state index contributed by atoms with van der Waals surface area (Å²) in [7, 11) is 1.71. The second-order valence-corrected chi connectivity index (χ2v) is 6.50. The van der Waals surface area contributed by atoms with E-state index in [9.17, 15) is 9.18 Å². The second-order valence-electron chi connectivity index (χ2n) is 6.06. The smallest absolute Gasteiger partial charge is 0.257 e. The zero-order valence-corrected chi connectivity index (χ0v) is 15.8. The summed E-state index contributed by atoms with van der Waals surface area (Å²) in [6.45, 7) is 2.58. The fourth-order valence-corrected chi connectivity index (χ4v) is 2.73. The highest BCUT2D eigenvalue weighted by atomic mass is 35.5. The number of rotatable bonds is 6. The van der Waals surface area contributed by atoms with E-state index in [1.807, 2.05) is 6.92 Å². The molecular weight excluding hydrogens is 369 g/mol. The standard InChI is InChI=1S/C20H19ClFN3O2/c1-14-19(13-23-25(14)17-7-5-16(22)6-8-17)20(26)24(2)11-12-27-18-9-3-15(21)4-10-18/h3-10,13H,11-12H2,1-2H3. The quantitative estimate of drug-likeness (QED) is 0.639. The van der Waals surface area contributed by atoms with Crippen molar-refractivity contribution in [3.63, 3.8) is 0 Å². The first kappa shape index (κ1) is 18.9. The van der Waals surface area contributed by atoms with Crippen LogP contribution in [0.15, 0.2) is 54.7 Å². The first-order valence-electron chi connectivity index (χ1n) is 8.40. The molecule has 27 heavy (non-hydrogen) atoms. The van der Waals surface area contributed by atoms with Gasteiger partial charge in [-0.05, 0) is 55.5 Å². The average Bonchev–Trinajstić information content (AvgIpc) is 3.04. The van der Waals surface area contributed by atoms with E-state index >= 15 is 0 Å². The zero-order chi connectivity index (χ0) is 19.4. The van der Waals surface area contributed by atoms with Gasteiger partial charge in [0.1, 0.15) is 18.2 Å². The number of ether oxygens (including phenoxy) is 1. The van der Waals surface area contributed by atoms with E-state index in [4.69, 9.17) is 16.3 Å². The monoisotopic (exact) mass is 387 g/mol. The van der Waals surface area contributed by atoms with Crippen LogP contribution in [0.2, 0.25) is 5.02 Å². The number of amides is 1. The first-order valence-corrected chi connectivity index (χ1v) is 8.78. The molecule has 1 amide bonds. The van der Waals surface area contributed by atoms with Gasteiger partial charge in [-0.15, -0.1) is 0 Å². The topological polar surface area (TPSA) is 47.4 Å². The molecule has 0 spiro atoms. The number of hydrogen-bond donors (Lipinski definition) is 0. The minimum Gasteiger partial charge on any atom is -0.492 e. The molecule has 0 N–H and O–H groups in total. The molecule has 1 heterocycles. The predicted octanol–water partition coefficient (Wildman–Crippen LogP) is 4.12. The minimum absolute atomic E-state index is 0.152. The van der Waals surface area contributed by atoms with Crippen molar-refractivity contribution < 1.29 is 13.9 Å². The van der Waals surface area contributed by atoms with E-state index in [0.29, 0.717) is 40.9 Å². The van der Waals surface area contributed by atoms with E-state index in [2.05, 4.69) is 5.10 Å². The Labute approximate surface area is 161 Å². The van der Waals surface area contributed by atoms with Gasteiger partial charge in [0.2, 0.25) is 0 Å². The van der Waals surface area contributed by atoms with Crippen molar-refractivity contribution in [3.05, 3.63) is 76.8 Å². The van der Waals surface area contributed by atoms with Gasteiger partial charge in [0.15, 0.2) is 0 Å². The maximum absolute atomic E-state index is 13.1. The Morgan fingerprint density at radius 3 is 2.52 bits per heavy atom. The lowest BCUT2D eigenvalue weighted by Gasteiger charge is -2.17. The fourth-order valence-electron chi connectivity index (χ4n) is 2.60. The van der Waals surface area contributed by atoms with E-state index in [-0.39, 0.29) is 11.7 Å². The van der Waals surface area contributed by atoms with Crippen molar-refractivity contribution in [2.45, 2.75) is 6.92 Å². The molecule has 1 aromatic heterocycles. The molecule has 0 atom stereocenters. The van der Waals surface area contributed by atoms with E-state index < -0.39 is 0 Å². The number of hydrogen-bond acceptors (Lipinski definition) is 3. The Bertz CT molecular complexity index is 923. The molecule has 0 aliphatic rings. The first-order chi connectivity index (χ1) is 13.0. The number of halogens is 2. The number of benzene rings is 2. The molecule has 0 aliphatic heterocycles. The second kappa shape index (κ2) is 8.22. The summed E-state index contributed by atoms with van der Waals surface area (Å²) in [5.41, 5.74) is 1.88. The predicted molar refractivity (Wildman–Crippen MR) is 102 cm³/mol. The van der Waals surface area contributed by atoms with Crippen molar-refractivity contribution >= 4 is 17.5 Å². The van der Waals surface area contributed by atoms with Gasteiger partial charge >= 0.3 is 0 Å². The van der Waals surface area contributed by atoms with Gasteiger partial charge < -0.3 is 9.64 Å². The van der Waals surface area contributed by atoms with Gasteiger partial charge in [-0.3, -0.25) is 4.79 Å². The molecule has 5 nitrogen and oxygen atoms in total. The Kier molecular flexibility index (Phi) is 5.76. The third-order valence-electron chi connectivity index (χ3n) is 4.17. The molecule has 140 valence electrons. The molecule has 7 heteroatoms. The van der Waals surface area contributed by atoms with Crippen LogP contribution < -0.4 is 4.74 Å². The Morgan fingerprint density at radius 2 is 1.85 bits per heavy atom. The van der Waals surface area contributed by atoms with Gasteiger partial charge in [0.25, 0.3) is 5.91 Å².